The van der Waals surface area contributed by atoms with Gasteiger partial charge in [0.25, 0.3) is 0 Å². The maximum Gasteiger partial charge on any atom is 0.410 e. The van der Waals surface area contributed by atoms with Gasteiger partial charge in [-0.2, -0.15) is 0 Å². The molecule has 1 aliphatic heterocycles. The molecule has 1 amide bonds. The van der Waals surface area contributed by atoms with E-state index in [0.717, 1.165) is 17.5 Å². The molecule has 0 radical (unpaired) electrons. The average molecular weight is 461 g/mol. The predicted molar refractivity (Wildman–Crippen MR) is 131 cm³/mol. The van der Waals surface area contributed by atoms with Crippen molar-refractivity contribution in [3.8, 4) is 11.3 Å². The highest BCUT2D eigenvalue weighted by Gasteiger charge is 2.30. The number of ether oxygens (including phenoxy) is 1. The molecule has 1 unspecified atom stereocenters. The van der Waals surface area contributed by atoms with Gasteiger partial charge in [-0.25, -0.2) is 9.78 Å². The lowest BCUT2D eigenvalue weighted by molar-refractivity contribution is -0.384. The first-order valence-electron chi connectivity index (χ1n) is 11.3. The third-order valence-corrected chi connectivity index (χ3v) is 5.62. The van der Waals surface area contributed by atoms with Gasteiger partial charge in [0, 0.05) is 36.3 Å². The molecule has 1 N–H and O–H groups in total. The monoisotopic (exact) mass is 460 g/mol. The summed E-state index contributed by atoms with van der Waals surface area (Å²) < 4.78 is 5.48. The Balaban J connectivity index is 1.48. The quantitative estimate of drug-likeness (QED) is 0.364. The summed E-state index contributed by atoms with van der Waals surface area (Å²) in [4.78, 5) is 29.7. The molecule has 1 aromatic heterocycles. The largest absolute Gasteiger partial charge is 0.444 e. The number of pyridine rings is 1. The van der Waals surface area contributed by atoms with Gasteiger partial charge in [0.2, 0.25) is 5.82 Å². The molecule has 8 nitrogen and oxygen atoms in total. The van der Waals surface area contributed by atoms with Crippen molar-refractivity contribution < 1.29 is 14.5 Å². The van der Waals surface area contributed by atoms with Crippen LogP contribution in [0.4, 0.5) is 22.0 Å². The lowest BCUT2D eigenvalue weighted by Crippen LogP contribution is -2.35. The number of rotatable bonds is 5. The first kappa shape index (κ1) is 23.2. The summed E-state index contributed by atoms with van der Waals surface area (Å²) in [6.45, 7) is 6.84. The molecule has 8 heteroatoms. The lowest BCUT2D eigenvalue weighted by atomic mass is 9.98. The van der Waals surface area contributed by atoms with E-state index in [1.807, 2.05) is 75.4 Å². The molecule has 0 spiro atoms. The number of nitrogens with one attached hydrogen (secondary N) is 1. The van der Waals surface area contributed by atoms with Crippen LogP contribution in [0.3, 0.4) is 0 Å². The van der Waals surface area contributed by atoms with Crippen LogP contribution in [0.5, 0.6) is 0 Å². The highest BCUT2D eigenvalue weighted by molar-refractivity contribution is 5.71. The minimum absolute atomic E-state index is 0.0902. The predicted octanol–water partition coefficient (Wildman–Crippen LogP) is 6.12. The van der Waals surface area contributed by atoms with Gasteiger partial charge in [-0.05, 0) is 51.0 Å². The summed E-state index contributed by atoms with van der Waals surface area (Å²) in [6, 6.07) is 20.4. The zero-order valence-electron chi connectivity index (χ0n) is 19.5. The van der Waals surface area contributed by atoms with E-state index >= 15 is 0 Å². The normalized spacial score (nSPS) is 15.7. The molecule has 0 saturated carbocycles. The van der Waals surface area contributed by atoms with E-state index in [-0.39, 0.29) is 23.5 Å². The zero-order chi connectivity index (χ0) is 24.3. The molecule has 1 fully saturated rings. The molecule has 34 heavy (non-hydrogen) atoms. The first-order chi connectivity index (χ1) is 16.2. The molecular formula is C26H28N4O4. The molecular weight excluding hydrogens is 432 g/mol. The summed E-state index contributed by atoms with van der Waals surface area (Å²) in [5.74, 6) is 0.409. The van der Waals surface area contributed by atoms with Crippen molar-refractivity contribution in [3.05, 3.63) is 82.4 Å². The van der Waals surface area contributed by atoms with Crippen LogP contribution in [0.2, 0.25) is 0 Å². The van der Waals surface area contributed by atoms with Crippen LogP contribution < -0.4 is 5.32 Å². The molecule has 1 saturated heterocycles. The van der Waals surface area contributed by atoms with Crippen molar-refractivity contribution in [2.24, 2.45) is 0 Å². The summed E-state index contributed by atoms with van der Waals surface area (Å²) in [7, 11) is 0. The maximum absolute atomic E-state index is 12.3. The molecule has 1 atom stereocenters. The van der Waals surface area contributed by atoms with E-state index < -0.39 is 10.5 Å². The van der Waals surface area contributed by atoms with Gasteiger partial charge in [0.1, 0.15) is 5.60 Å². The smallest absolute Gasteiger partial charge is 0.410 e. The SMILES string of the molecule is CC(C)(C)OC(=O)N1CCC(c2ccc(Nc3nc(-c4ccccc4)ccc3[N+](=O)[O-])cc2)C1. The summed E-state index contributed by atoms with van der Waals surface area (Å²) >= 11 is 0. The van der Waals surface area contributed by atoms with Gasteiger partial charge in [-0.15, -0.1) is 0 Å². The maximum atomic E-state index is 12.3. The Labute approximate surface area is 198 Å². The molecule has 1 aliphatic rings. The zero-order valence-corrected chi connectivity index (χ0v) is 19.5. The fourth-order valence-corrected chi connectivity index (χ4v) is 3.96. The number of benzene rings is 2. The van der Waals surface area contributed by atoms with E-state index in [4.69, 9.17) is 4.74 Å². The van der Waals surface area contributed by atoms with Crippen LogP contribution in [0.25, 0.3) is 11.3 Å². The third kappa shape index (κ3) is 5.51. The van der Waals surface area contributed by atoms with E-state index in [2.05, 4.69) is 10.3 Å². The molecule has 3 aromatic rings. The Morgan fingerprint density at radius 1 is 1.09 bits per heavy atom. The van der Waals surface area contributed by atoms with Crippen molar-refractivity contribution in [2.45, 2.75) is 38.7 Å². The Hall–Kier alpha value is -3.94. The number of carbonyl (C=O) groups is 1. The number of anilines is 2. The molecule has 2 heterocycles. The third-order valence-electron chi connectivity index (χ3n) is 5.62. The summed E-state index contributed by atoms with van der Waals surface area (Å²) in [6.07, 6.45) is 0.572. The second-order valence-corrected chi connectivity index (χ2v) is 9.35. The average Bonchev–Trinajstić information content (AvgIpc) is 3.29. The van der Waals surface area contributed by atoms with Crippen LogP contribution in [0.1, 0.15) is 38.7 Å². The second kappa shape index (κ2) is 9.51. The Morgan fingerprint density at radius 3 is 2.44 bits per heavy atom. The van der Waals surface area contributed by atoms with E-state index in [0.29, 0.717) is 24.5 Å². The van der Waals surface area contributed by atoms with Gasteiger partial charge in [0.05, 0.1) is 10.6 Å². The summed E-state index contributed by atoms with van der Waals surface area (Å²) in [5.41, 5.74) is 2.73. The Morgan fingerprint density at radius 2 is 1.79 bits per heavy atom. The van der Waals surface area contributed by atoms with E-state index in [1.165, 1.54) is 6.07 Å². The van der Waals surface area contributed by atoms with Crippen molar-refractivity contribution in [3.63, 3.8) is 0 Å². The van der Waals surface area contributed by atoms with Crippen LogP contribution in [-0.2, 0) is 4.74 Å². The van der Waals surface area contributed by atoms with Crippen molar-refractivity contribution >= 4 is 23.3 Å². The van der Waals surface area contributed by atoms with Gasteiger partial charge in [-0.3, -0.25) is 10.1 Å². The van der Waals surface area contributed by atoms with Crippen molar-refractivity contribution in [2.75, 3.05) is 18.4 Å². The number of carbonyl (C=O) groups excluding carboxylic acids is 1. The fraction of sp³-hybridized carbons (Fsp3) is 0.308. The first-order valence-corrected chi connectivity index (χ1v) is 11.3. The minimum atomic E-state index is -0.517. The highest BCUT2D eigenvalue weighted by atomic mass is 16.6. The number of aromatic nitrogens is 1. The van der Waals surface area contributed by atoms with Gasteiger partial charge < -0.3 is 15.0 Å². The van der Waals surface area contributed by atoms with Crippen LogP contribution in [0.15, 0.2) is 66.7 Å². The molecule has 0 aliphatic carbocycles. The fourth-order valence-electron chi connectivity index (χ4n) is 3.96. The van der Waals surface area contributed by atoms with E-state index in [9.17, 15) is 14.9 Å². The molecule has 2 aromatic carbocycles. The van der Waals surface area contributed by atoms with Crippen molar-refractivity contribution in [1.82, 2.24) is 9.88 Å². The standard InChI is InChI=1S/C26H28N4O4/c1-26(2,3)34-25(31)29-16-15-20(17-29)18-9-11-21(12-10-18)27-24-23(30(32)33)14-13-22(28-24)19-7-5-4-6-8-19/h4-14,20H,15-17H2,1-3H3,(H,27,28). The number of likely N-dealkylation sites (tertiary alicyclic amines) is 1. The van der Waals surface area contributed by atoms with Crippen LogP contribution in [0, 0.1) is 10.1 Å². The number of hydrogen-bond acceptors (Lipinski definition) is 6. The molecule has 176 valence electrons. The lowest BCUT2D eigenvalue weighted by Gasteiger charge is -2.24. The topological polar surface area (TPSA) is 97.6 Å². The highest BCUT2D eigenvalue weighted by Crippen LogP contribution is 2.32. The number of nitro groups is 1. The number of amides is 1. The van der Waals surface area contributed by atoms with Crippen LogP contribution in [-0.4, -0.2) is 39.6 Å². The Bertz CT molecular complexity index is 1170. The Kier molecular flexibility index (Phi) is 6.49. The van der Waals surface area contributed by atoms with Gasteiger partial charge in [-0.1, -0.05) is 42.5 Å². The minimum Gasteiger partial charge on any atom is -0.444 e. The van der Waals surface area contributed by atoms with Gasteiger partial charge >= 0.3 is 11.8 Å². The molecule has 4 rings (SSSR count). The van der Waals surface area contributed by atoms with Crippen LogP contribution >= 0.6 is 0 Å². The van der Waals surface area contributed by atoms with Gasteiger partial charge in [0.15, 0.2) is 0 Å². The second-order valence-electron chi connectivity index (χ2n) is 9.35. The number of hydrogen-bond donors (Lipinski definition) is 1. The molecule has 0 bridgehead atoms. The van der Waals surface area contributed by atoms with Crippen molar-refractivity contribution in [1.29, 1.82) is 0 Å². The van der Waals surface area contributed by atoms with E-state index in [1.54, 1.807) is 11.0 Å². The number of nitrogens with zero attached hydrogens (tertiary/aromatic N) is 3. The summed E-state index contributed by atoms with van der Waals surface area (Å²) in [5, 5.41) is 14.6.